The second-order valence-corrected chi connectivity index (χ2v) is 6.03. The van der Waals surface area contributed by atoms with Crippen molar-refractivity contribution in [1.29, 1.82) is 5.41 Å². The van der Waals surface area contributed by atoms with Crippen molar-refractivity contribution < 1.29 is 9.47 Å². The predicted molar refractivity (Wildman–Crippen MR) is 82.3 cm³/mol. The molecule has 1 aliphatic carbocycles. The summed E-state index contributed by atoms with van der Waals surface area (Å²) in [7, 11) is 0. The molecule has 2 heterocycles. The lowest BCUT2D eigenvalue weighted by atomic mass is 9.89. The molecule has 5 nitrogen and oxygen atoms in total. The molecule has 0 aromatic carbocycles. The number of ether oxygens (including phenoxy) is 2. The Morgan fingerprint density at radius 3 is 2.67 bits per heavy atom. The van der Waals surface area contributed by atoms with E-state index in [4.69, 9.17) is 26.5 Å². The van der Waals surface area contributed by atoms with Crippen molar-refractivity contribution in [2.45, 2.75) is 44.4 Å². The average Bonchev–Trinajstić information content (AvgIpc) is 2.90. The van der Waals surface area contributed by atoms with Crippen molar-refractivity contribution >= 4 is 23.0 Å². The molecule has 2 N–H and O–H groups in total. The third-order valence-corrected chi connectivity index (χ3v) is 4.49. The van der Waals surface area contributed by atoms with Gasteiger partial charge in [-0.15, -0.1) is 0 Å². The highest BCUT2D eigenvalue weighted by Crippen LogP contribution is 2.37. The number of hydrogen-bond donors (Lipinski definition) is 2. The smallest absolute Gasteiger partial charge is 0.168 e. The maximum absolute atomic E-state index is 7.86. The van der Waals surface area contributed by atoms with E-state index in [0.29, 0.717) is 35.7 Å². The molecule has 0 bridgehead atoms. The van der Waals surface area contributed by atoms with Crippen molar-refractivity contribution in [3.8, 4) is 0 Å². The van der Waals surface area contributed by atoms with Gasteiger partial charge in [0, 0.05) is 36.5 Å². The number of rotatable bonds is 3. The van der Waals surface area contributed by atoms with Gasteiger partial charge in [-0.1, -0.05) is 11.6 Å². The fourth-order valence-corrected chi connectivity index (χ4v) is 3.42. The molecule has 114 valence electrons. The third-order valence-electron chi connectivity index (χ3n) is 4.20. The second-order valence-electron chi connectivity index (χ2n) is 5.68. The molecule has 2 aliphatic rings. The van der Waals surface area contributed by atoms with Gasteiger partial charge in [-0.2, -0.15) is 0 Å². The Morgan fingerprint density at radius 2 is 2.05 bits per heavy atom. The van der Waals surface area contributed by atoms with Crippen LogP contribution >= 0.6 is 11.6 Å². The van der Waals surface area contributed by atoms with Crippen molar-refractivity contribution in [3.63, 3.8) is 0 Å². The van der Waals surface area contributed by atoms with Crippen molar-refractivity contribution in [3.05, 3.63) is 23.0 Å². The highest BCUT2D eigenvalue weighted by molar-refractivity contribution is 6.33. The van der Waals surface area contributed by atoms with E-state index in [2.05, 4.69) is 10.3 Å². The van der Waals surface area contributed by atoms with Crippen LogP contribution in [0.15, 0.2) is 12.3 Å². The lowest BCUT2D eigenvalue weighted by molar-refractivity contribution is -0.177. The van der Waals surface area contributed by atoms with E-state index in [0.717, 1.165) is 31.4 Å². The molecule has 1 saturated carbocycles. The molecule has 3 rings (SSSR count). The molecule has 1 aliphatic heterocycles. The zero-order chi connectivity index (χ0) is 14.9. The summed E-state index contributed by atoms with van der Waals surface area (Å²) in [6.07, 6.45) is 5.45. The Bertz CT molecular complexity index is 534. The molecule has 1 aromatic rings. The van der Waals surface area contributed by atoms with Gasteiger partial charge in [-0.3, -0.25) is 0 Å². The largest absolute Gasteiger partial charge is 0.382 e. The van der Waals surface area contributed by atoms with E-state index in [1.165, 1.54) is 0 Å². The first-order valence-corrected chi connectivity index (χ1v) is 7.72. The minimum atomic E-state index is -0.339. The Balaban J connectivity index is 1.68. The summed E-state index contributed by atoms with van der Waals surface area (Å²) in [4.78, 5) is 4.06. The Morgan fingerprint density at radius 1 is 1.38 bits per heavy atom. The number of nitrogens with zero attached hydrogens (tertiary/aromatic N) is 1. The Labute approximate surface area is 129 Å². The summed E-state index contributed by atoms with van der Waals surface area (Å²) in [6.45, 7) is 3.13. The minimum absolute atomic E-state index is 0.339. The topological polar surface area (TPSA) is 67.2 Å². The van der Waals surface area contributed by atoms with Crippen molar-refractivity contribution in [1.82, 2.24) is 4.98 Å². The van der Waals surface area contributed by atoms with Crippen LogP contribution in [0.3, 0.4) is 0 Å². The maximum Gasteiger partial charge on any atom is 0.168 e. The van der Waals surface area contributed by atoms with Gasteiger partial charge >= 0.3 is 0 Å². The molecule has 1 aromatic heterocycles. The molecule has 1 saturated heterocycles. The van der Waals surface area contributed by atoms with E-state index >= 15 is 0 Å². The van der Waals surface area contributed by atoms with Crippen LogP contribution in [0.25, 0.3) is 0 Å². The predicted octanol–water partition coefficient (Wildman–Crippen LogP) is 3.22. The van der Waals surface area contributed by atoms with Gasteiger partial charge in [0.1, 0.15) is 5.15 Å². The zero-order valence-electron chi connectivity index (χ0n) is 12.1. The Hall–Kier alpha value is -1.17. The molecule has 0 unspecified atom stereocenters. The lowest BCUT2D eigenvalue weighted by Gasteiger charge is -2.36. The van der Waals surface area contributed by atoms with Crippen LogP contribution in [0.2, 0.25) is 5.15 Å². The fraction of sp³-hybridized carbons (Fsp3) is 0.600. The number of nitrogens with one attached hydrogen (secondary N) is 2. The first-order valence-electron chi connectivity index (χ1n) is 7.34. The first-order chi connectivity index (χ1) is 10.1. The molecule has 0 amide bonds. The van der Waals surface area contributed by atoms with Crippen LogP contribution in [0, 0.1) is 5.41 Å². The highest BCUT2D eigenvalue weighted by atomic mass is 35.5. The molecule has 0 radical (unpaired) electrons. The van der Waals surface area contributed by atoms with Crippen LogP contribution in [-0.2, 0) is 9.47 Å². The zero-order valence-corrected chi connectivity index (χ0v) is 12.9. The standard InChI is InChI=1S/C15H20ClN3O2/c1-10(17)13-12(4-7-18-14(13)16)19-11-2-5-15(6-3-11)20-8-9-21-15/h4,7,11,17H,2-3,5-6,8-9H2,1H3,(H,18,19). The molecule has 2 fully saturated rings. The SMILES string of the molecule is CC(=N)c1c(NC2CCC3(CC2)OCCO3)ccnc1Cl. The lowest BCUT2D eigenvalue weighted by Crippen LogP contribution is -2.39. The summed E-state index contributed by atoms with van der Waals surface area (Å²) in [6, 6.07) is 2.23. The molecular formula is C15H20ClN3O2. The van der Waals surface area contributed by atoms with Crippen LogP contribution in [0.1, 0.15) is 38.2 Å². The number of halogens is 1. The summed E-state index contributed by atoms with van der Waals surface area (Å²) in [5.41, 5.74) is 2.00. The van der Waals surface area contributed by atoms with Gasteiger partial charge in [-0.25, -0.2) is 4.98 Å². The van der Waals surface area contributed by atoms with E-state index in [1.54, 1.807) is 13.1 Å². The molecular weight excluding hydrogens is 290 g/mol. The van der Waals surface area contributed by atoms with Crippen LogP contribution in [0.4, 0.5) is 5.69 Å². The molecule has 0 atom stereocenters. The number of hydrogen-bond acceptors (Lipinski definition) is 5. The number of aromatic nitrogens is 1. The summed E-state index contributed by atoms with van der Waals surface area (Å²) >= 11 is 6.11. The van der Waals surface area contributed by atoms with Gasteiger partial charge in [0.2, 0.25) is 0 Å². The average molecular weight is 310 g/mol. The second kappa shape index (κ2) is 5.91. The normalized spacial score (nSPS) is 21.6. The van der Waals surface area contributed by atoms with Gasteiger partial charge in [0.25, 0.3) is 0 Å². The van der Waals surface area contributed by atoms with Gasteiger partial charge in [-0.05, 0) is 25.8 Å². The van der Waals surface area contributed by atoms with Crippen molar-refractivity contribution in [2.24, 2.45) is 0 Å². The van der Waals surface area contributed by atoms with E-state index in [-0.39, 0.29) is 5.79 Å². The van der Waals surface area contributed by atoms with Crippen LogP contribution in [0.5, 0.6) is 0 Å². The maximum atomic E-state index is 7.86. The summed E-state index contributed by atoms with van der Waals surface area (Å²) < 4.78 is 11.5. The van der Waals surface area contributed by atoms with E-state index in [1.807, 2.05) is 6.07 Å². The summed E-state index contributed by atoms with van der Waals surface area (Å²) in [5, 5.41) is 11.7. The quantitative estimate of drug-likeness (QED) is 0.664. The molecule has 1 spiro atoms. The summed E-state index contributed by atoms with van der Waals surface area (Å²) in [5.74, 6) is -0.339. The van der Waals surface area contributed by atoms with Crippen LogP contribution < -0.4 is 5.32 Å². The van der Waals surface area contributed by atoms with Gasteiger partial charge in [0.15, 0.2) is 5.79 Å². The van der Waals surface area contributed by atoms with E-state index < -0.39 is 0 Å². The van der Waals surface area contributed by atoms with Gasteiger partial charge in [0.05, 0.1) is 18.8 Å². The fourth-order valence-electron chi connectivity index (χ4n) is 3.12. The molecule has 21 heavy (non-hydrogen) atoms. The van der Waals surface area contributed by atoms with Crippen LogP contribution in [-0.4, -0.2) is 35.7 Å². The van der Waals surface area contributed by atoms with E-state index in [9.17, 15) is 0 Å². The highest BCUT2D eigenvalue weighted by Gasteiger charge is 2.40. The molecule has 6 heteroatoms. The third kappa shape index (κ3) is 3.05. The van der Waals surface area contributed by atoms with Gasteiger partial charge < -0.3 is 20.2 Å². The Kier molecular flexibility index (Phi) is 4.15. The minimum Gasteiger partial charge on any atom is -0.382 e. The number of anilines is 1. The number of pyridine rings is 1. The van der Waals surface area contributed by atoms with Crippen molar-refractivity contribution in [2.75, 3.05) is 18.5 Å². The monoisotopic (exact) mass is 309 g/mol. The first kappa shape index (κ1) is 14.8.